The molecule has 7 rings (SSSR count). The van der Waals surface area contributed by atoms with Crippen molar-refractivity contribution in [3.8, 4) is 5.75 Å². The molecule has 2 aromatic rings. The number of hydrogen-bond acceptors (Lipinski definition) is 8. The number of halogens is 1. The minimum absolute atomic E-state index is 0.157. The molecule has 2 fully saturated rings. The van der Waals surface area contributed by atoms with Gasteiger partial charge in [-0.1, -0.05) is 24.6 Å². The van der Waals surface area contributed by atoms with Crippen LogP contribution in [0.15, 0.2) is 36.4 Å². The minimum Gasteiger partial charge on any atom is -0.490 e. The number of nitrogens with one attached hydrogen (secondary N) is 1. The minimum atomic E-state index is -3.92. The molecule has 5 atom stereocenters. The maximum absolute atomic E-state index is 13.5. The highest BCUT2D eigenvalue weighted by Gasteiger charge is 2.53. The van der Waals surface area contributed by atoms with Gasteiger partial charge in [0.25, 0.3) is 5.91 Å². The molecule has 1 saturated heterocycles. The number of benzene rings is 2. The summed E-state index contributed by atoms with van der Waals surface area (Å²) in [6.45, 7) is 6.84. The Hall–Kier alpha value is -2.37. The van der Waals surface area contributed by atoms with Gasteiger partial charge in [-0.05, 0) is 119 Å². The standard InChI is InChI=1S/C37H50ClN3O6S/c1-24-7-5-16-37(46-20-30(21-47-37)40(3)4)32-12-9-28(32)19-41-22-36(15-6-8-26-17-29(38)11-13-31(26)36)23-45-34-14-10-27(18-33(34)41)35(42)39-48(43,44)25(24)2/h10-11,13-14,17-18,24-25,28,30,32H,5-9,12,15-16,19-23H2,1-4H3,(H,39,42)/t24-,25+,28-,30-,32+,36-,37+/m0/s1. The van der Waals surface area contributed by atoms with Gasteiger partial charge in [0.05, 0.1) is 36.8 Å². The van der Waals surface area contributed by atoms with Crippen LogP contribution in [-0.4, -0.2) is 83.3 Å². The smallest absolute Gasteiger partial charge is 0.264 e. The number of carbonyl (C=O) groups is 1. The Kier molecular flexibility index (Phi) is 9.28. The van der Waals surface area contributed by atoms with E-state index >= 15 is 0 Å². The van der Waals surface area contributed by atoms with Crippen LogP contribution in [0.25, 0.3) is 0 Å². The van der Waals surface area contributed by atoms with E-state index in [0.29, 0.717) is 56.4 Å². The van der Waals surface area contributed by atoms with Crippen LogP contribution in [0.5, 0.6) is 5.75 Å². The third-order valence-electron chi connectivity index (χ3n) is 12.2. The van der Waals surface area contributed by atoms with E-state index < -0.39 is 27.0 Å². The molecule has 1 saturated carbocycles. The lowest BCUT2D eigenvalue weighted by molar-refractivity contribution is -0.329. The average molecular weight is 700 g/mol. The van der Waals surface area contributed by atoms with Crippen LogP contribution in [0.3, 0.4) is 0 Å². The zero-order chi connectivity index (χ0) is 33.8. The van der Waals surface area contributed by atoms with Gasteiger partial charge >= 0.3 is 0 Å². The number of aryl methyl sites for hydroxylation is 1. The third kappa shape index (κ3) is 6.25. The zero-order valence-corrected chi connectivity index (χ0v) is 30.2. The van der Waals surface area contributed by atoms with Crippen molar-refractivity contribution >= 4 is 33.2 Å². The van der Waals surface area contributed by atoms with Crippen LogP contribution in [0.1, 0.15) is 80.3 Å². The van der Waals surface area contributed by atoms with Gasteiger partial charge < -0.3 is 24.0 Å². The van der Waals surface area contributed by atoms with Crippen LogP contribution in [0.4, 0.5) is 5.69 Å². The van der Waals surface area contributed by atoms with E-state index in [1.54, 1.807) is 13.0 Å². The number of rotatable bonds is 1. The van der Waals surface area contributed by atoms with Crippen LogP contribution < -0.4 is 14.4 Å². The van der Waals surface area contributed by atoms with Crippen molar-refractivity contribution in [1.82, 2.24) is 9.62 Å². The van der Waals surface area contributed by atoms with Crippen molar-refractivity contribution in [3.05, 3.63) is 58.1 Å². The summed E-state index contributed by atoms with van der Waals surface area (Å²) in [7, 11) is 0.199. The molecule has 0 unspecified atom stereocenters. The third-order valence-corrected chi connectivity index (χ3v) is 14.4. The molecule has 9 nitrogen and oxygen atoms in total. The average Bonchev–Trinajstić information content (AvgIpc) is 3.19. The summed E-state index contributed by atoms with van der Waals surface area (Å²) in [5.74, 6) is -0.241. The number of ether oxygens (including phenoxy) is 3. The van der Waals surface area contributed by atoms with Crippen molar-refractivity contribution < 1.29 is 27.4 Å². The van der Waals surface area contributed by atoms with Gasteiger partial charge in [0.15, 0.2) is 5.79 Å². The van der Waals surface area contributed by atoms with Crippen LogP contribution in [0.2, 0.25) is 5.02 Å². The van der Waals surface area contributed by atoms with Crippen LogP contribution in [-0.2, 0) is 31.3 Å². The van der Waals surface area contributed by atoms with Gasteiger partial charge in [-0.25, -0.2) is 13.1 Å². The van der Waals surface area contributed by atoms with Crippen molar-refractivity contribution in [1.29, 1.82) is 0 Å². The molecule has 11 heteroatoms. The fourth-order valence-electron chi connectivity index (χ4n) is 8.80. The number of carbonyl (C=O) groups excluding carboxylic acids is 1. The molecule has 0 radical (unpaired) electrons. The fraction of sp³-hybridized carbons (Fsp3) is 0.649. The van der Waals surface area contributed by atoms with Gasteiger partial charge in [-0.2, -0.15) is 0 Å². The molecule has 2 aromatic carbocycles. The number of anilines is 1. The Morgan fingerprint density at radius 1 is 1.00 bits per heavy atom. The predicted molar refractivity (Wildman–Crippen MR) is 187 cm³/mol. The summed E-state index contributed by atoms with van der Waals surface area (Å²) in [5.41, 5.74) is 3.42. The molecule has 1 amide bonds. The molecular weight excluding hydrogens is 650 g/mol. The van der Waals surface area contributed by atoms with E-state index in [1.807, 2.05) is 25.1 Å². The summed E-state index contributed by atoms with van der Waals surface area (Å²) in [6.07, 6.45) is 7.24. The lowest BCUT2D eigenvalue weighted by Crippen LogP contribution is -2.59. The van der Waals surface area contributed by atoms with Gasteiger partial charge in [0, 0.05) is 41.4 Å². The van der Waals surface area contributed by atoms with Gasteiger partial charge in [0.2, 0.25) is 10.0 Å². The SMILES string of the molecule is C[C@@H]1[C@@H](C)CCC[C@]2(OC[C@H](N(C)C)CO2)[C@@H]2CC[C@H]2CN2C[C@@]3(CCCc4cc(Cl)ccc43)COc3ccc(cc32)C(=O)NS1(=O)=O. The summed E-state index contributed by atoms with van der Waals surface area (Å²) in [5, 5.41) is 0.00279. The molecule has 48 heavy (non-hydrogen) atoms. The van der Waals surface area contributed by atoms with E-state index in [2.05, 4.69) is 40.7 Å². The van der Waals surface area contributed by atoms with Gasteiger partial charge in [-0.3, -0.25) is 4.79 Å². The Bertz CT molecular complexity index is 1640. The number of sulfonamides is 1. The molecular formula is C37H50ClN3O6S. The predicted octanol–water partition coefficient (Wildman–Crippen LogP) is 5.78. The van der Waals surface area contributed by atoms with Crippen molar-refractivity contribution in [2.45, 2.75) is 87.7 Å². The molecule has 5 aliphatic rings. The van der Waals surface area contributed by atoms with E-state index in [-0.39, 0.29) is 23.3 Å². The van der Waals surface area contributed by atoms with Crippen LogP contribution >= 0.6 is 11.6 Å². The monoisotopic (exact) mass is 699 g/mol. The first-order valence-electron chi connectivity index (χ1n) is 17.7. The summed E-state index contributed by atoms with van der Waals surface area (Å²) < 4.78 is 49.6. The topological polar surface area (TPSA) is 97.4 Å². The molecule has 3 heterocycles. The first-order valence-corrected chi connectivity index (χ1v) is 19.6. The maximum atomic E-state index is 13.5. The van der Waals surface area contributed by atoms with Crippen molar-refractivity contribution in [3.63, 3.8) is 0 Å². The van der Waals surface area contributed by atoms with E-state index in [9.17, 15) is 13.2 Å². The van der Waals surface area contributed by atoms with Gasteiger partial charge in [-0.15, -0.1) is 0 Å². The number of likely N-dealkylation sites (N-methyl/N-ethyl adjacent to an activating group) is 1. The Morgan fingerprint density at radius 3 is 2.52 bits per heavy atom. The number of fused-ring (bicyclic) bond motifs is 5. The van der Waals surface area contributed by atoms with Crippen molar-refractivity contribution in [2.24, 2.45) is 17.8 Å². The Morgan fingerprint density at radius 2 is 1.79 bits per heavy atom. The quantitative estimate of drug-likeness (QED) is 0.400. The second kappa shape index (κ2) is 13.1. The largest absolute Gasteiger partial charge is 0.490 e. The highest BCUT2D eigenvalue weighted by atomic mass is 35.5. The lowest BCUT2D eigenvalue weighted by atomic mass is 9.66. The zero-order valence-electron chi connectivity index (χ0n) is 28.7. The number of hydrogen-bond donors (Lipinski definition) is 1. The number of amides is 1. The molecule has 3 aliphatic heterocycles. The Balaban J connectivity index is 1.29. The van der Waals surface area contributed by atoms with Crippen molar-refractivity contribution in [2.75, 3.05) is 51.9 Å². The first kappa shape index (κ1) is 34.1. The Labute approximate surface area is 290 Å². The normalized spacial score (nSPS) is 35.2. The molecule has 1 N–H and O–H groups in total. The molecule has 0 aromatic heterocycles. The summed E-state index contributed by atoms with van der Waals surface area (Å²) >= 11 is 6.46. The maximum Gasteiger partial charge on any atom is 0.264 e. The summed E-state index contributed by atoms with van der Waals surface area (Å²) in [4.78, 5) is 18.1. The highest BCUT2D eigenvalue weighted by molar-refractivity contribution is 7.90. The van der Waals surface area contributed by atoms with Gasteiger partial charge in [0.1, 0.15) is 5.75 Å². The number of nitrogens with zero attached hydrogens (tertiary/aromatic N) is 2. The highest BCUT2D eigenvalue weighted by Crippen LogP contribution is 2.51. The molecule has 2 spiro atoms. The second-order valence-corrected chi connectivity index (χ2v) is 17.8. The van der Waals surface area contributed by atoms with Crippen LogP contribution in [0, 0.1) is 17.8 Å². The first-order chi connectivity index (χ1) is 22.9. The molecule has 2 aliphatic carbocycles. The molecule has 262 valence electrons. The van der Waals surface area contributed by atoms with E-state index in [0.717, 1.165) is 55.8 Å². The summed E-state index contributed by atoms with van der Waals surface area (Å²) in [6, 6.07) is 11.8. The fourth-order valence-corrected chi connectivity index (χ4v) is 10.3. The second-order valence-electron chi connectivity index (χ2n) is 15.3. The molecule has 2 bridgehead atoms. The lowest BCUT2D eigenvalue weighted by Gasteiger charge is -2.54. The van der Waals surface area contributed by atoms with E-state index in [1.165, 1.54) is 11.1 Å². The van der Waals surface area contributed by atoms with E-state index in [4.69, 9.17) is 25.8 Å².